The maximum absolute atomic E-state index is 11.8. The maximum atomic E-state index is 11.8. The van der Waals surface area contributed by atoms with E-state index in [1.807, 2.05) is 49.0 Å². The zero-order chi connectivity index (χ0) is 13.7. The molecule has 0 unspecified atom stereocenters. The lowest BCUT2D eigenvalue weighted by molar-refractivity contribution is -0.111. The van der Waals surface area contributed by atoms with Gasteiger partial charge in [-0.2, -0.15) is 5.10 Å². The molecule has 1 heterocycles. The molecule has 1 aromatic heterocycles. The molecule has 19 heavy (non-hydrogen) atoms. The Kier molecular flexibility index (Phi) is 4.13. The molecule has 0 fully saturated rings. The Morgan fingerprint density at radius 1 is 1.42 bits per heavy atom. The number of aromatic nitrogens is 2. The lowest BCUT2D eigenvalue weighted by Crippen LogP contribution is -2.08. The molecule has 1 N–H and O–H groups in total. The van der Waals surface area contributed by atoms with Gasteiger partial charge in [-0.3, -0.25) is 9.48 Å². The SMILES string of the molecule is CCn1cc(C=CC(=O)Nc2ccccc2C)cn1. The third-order valence-corrected chi connectivity index (χ3v) is 2.81. The third-order valence-electron chi connectivity index (χ3n) is 2.81. The maximum Gasteiger partial charge on any atom is 0.248 e. The molecule has 0 radical (unpaired) electrons. The molecule has 0 aliphatic heterocycles. The Labute approximate surface area is 112 Å². The average Bonchev–Trinajstić information content (AvgIpc) is 2.87. The Morgan fingerprint density at radius 3 is 2.89 bits per heavy atom. The van der Waals surface area contributed by atoms with Crippen LogP contribution < -0.4 is 5.32 Å². The third kappa shape index (κ3) is 3.55. The van der Waals surface area contributed by atoms with E-state index in [-0.39, 0.29) is 5.91 Å². The summed E-state index contributed by atoms with van der Waals surface area (Å²) in [6.07, 6.45) is 6.91. The highest BCUT2D eigenvalue weighted by atomic mass is 16.1. The van der Waals surface area contributed by atoms with E-state index in [4.69, 9.17) is 0 Å². The van der Waals surface area contributed by atoms with E-state index in [1.165, 1.54) is 6.08 Å². The van der Waals surface area contributed by atoms with E-state index < -0.39 is 0 Å². The van der Waals surface area contributed by atoms with Gasteiger partial charge in [-0.25, -0.2) is 0 Å². The lowest BCUT2D eigenvalue weighted by atomic mass is 10.2. The predicted octanol–water partition coefficient (Wildman–Crippen LogP) is 2.86. The summed E-state index contributed by atoms with van der Waals surface area (Å²) in [7, 11) is 0. The number of rotatable bonds is 4. The molecule has 0 atom stereocenters. The first-order valence-corrected chi connectivity index (χ1v) is 6.26. The molecule has 0 bridgehead atoms. The molecule has 2 aromatic rings. The van der Waals surface area contributed by atoms with Crippen molar-refractivity contribution in [3.63, 3.8) is 0 Å². The zero-order valence-corrected chi connectivity index (χ0v) is 11.1. The van der Waals surface area contributed by atoms with Gasteiger partial charge in [-0.15, -0.1) is 0 Å². The minimum atomic E-state index is -0.140. The number of aryl methyl sites for hydroxylation is 2. The van der Waals surface area contributed by atoms with E-state index in [0.717, 1.165) is 23.4 Å². The summed E-state index contributed by atoms with van der Waals surface area (Å²) in [5.41, 5.74) is 2.80. The Bertz CT molecular complexity index is 599. The summed E-state index contributed by atoms with van der Waals surface area (Å²) in [5, 5.41) is 6.99. The number of nitrogens with one attached hydrogen (secondary N) is 1. The second-order valence-electron chi connectivity index (χ2n) is 4.27. The molecule has 2 rings (SSSR count). The molecule has 0 spiro atoms. The topological polar surface area (TPSA) is 46.9 Å². The van der Waals surface area contributed by atoms with Crippen molar-refractivity contribution in [3.05, 3.63) is 53.9 Å². The number of hydrogen-bond acceptors (Lipinski definition) is 2. The minimum Gasteiger partial charge on any atom is -0.322 e. The van der Waals surface area contributed by atoms with E-state index in [2.05, 4.69) is 10.4 Å². The van der Waals surface area contributed by atoms with Gasteiger partial charge in [-0.05, 0) is 31.6 Å². The van der Waals surface area contributed by atoms with Crippen LogP contribution >= 0.6 is 0 Å². The highest BCUT2D eigenvalue weighted by Crippen LogP contribution is 2.13. The number of amides is 1. The summed E-state index contributed by atoms with van der Waals surface area (Å²) < 4.78 is 1.82. The molecule has 1 amide bonds. The van der Waals surface area contributed by atoms with Gasteiger partial charge >= 0.3 is 0 Å². The second-order valence-corrected chi connectivity index (χ2v) is 4.27. The molecule has 0 aliphatic carbocycles. The number of carbonyl (C=O) groups excluding carboxylic acids is 1. The smallest absolute Gasteiger partial charge is 0.248 e. The quantitative estimate of drug-likeness (QED) is 0.854. The van der Waals surface area contributed by atoms with Crippen LogP contribution in [0.25, 0.3) is 6.08 Å². The van der Waals surface area contributed by atoms with Crippen molar-refractivity contribution < 1.29 is 4.79 Å². The molecule has 4 heteroatoms. The number of para-hydroxylation sites is 1. The van der Waals surface area contributed by atoms with Gasteiger partial charge in [0.1, 0.15) is 0 Å². The van der Waals surface area contributed by atoms with Gasteiger partial charge in [0.2, 0.25) is 5.91 Å². The Hall–Kier alpha value is -2.36. The standard InChI is InChI=1S/C15H17N3O/c1-3-18-11-13(10-16-18)8-9-15(19)17-14-7-5-4-6-12(14)2/h4-11H,3H2,1-2H3,(H,17,19). The number of anilines is 1. The van der Waals surface area contributed by atoms with Crippen molar-refractivity contribution in [3.8, 4) is 0 Å². The van der Waals surface area contributed by atoms with Crippen LogP contribution in [0.3, 0.4) is 0 Å². The highest BCUT2D eigenvalue weighted by molar-refractivity contribution is 6.02. The first-order chi connectivity index (χ1) is 9.19. The Morgan fingerprint density at radius 2 is 2.21 bits per heavy atom. The monoisotopic (exact) mass is 255 g/mol. The molecule has 1 aromatic carbocycles. The number of hydrogen-bond donors (Lipinski definition) is 1. The highest BCUT2D eigenvalue weighted by Gasteiger charge is 2.00. The fourth-order valence-corrected chi connectivity index (χ4v) is 1.70. The van der Waals surface area contributed by atoms with Gasteiger partial charge in [0.25, 0.3) is 0 Å². The number of nitrogens with zero attached hydrogens (tertiary/aromatic N) is 2. The van der Waals surface area contributed by atoms with E-state index in [0.29, 0.717) is 0 Å². The van der Waals surface area contributed by atoms with Crippen LogP contribution in [0.4, 0.5) is 5.69 Å². The molecular weight excluding hydrogens is 238 g/mol. The van der Waals surface area contributed by atoms with Crippen LogP contribution in [0.2, 0.25) is 0 Å². The summed E-state index contributed by atoms with van der Waals surface area (Å²) in [4.78, 5) is 11.8. The van der Waals surface area contributed by atoms with Crippen LogP contribution in [0, 0.1) is 6.92 Å². The lowest BCUT2D eigenvalue weighted by Gasteiger charge is -2.04. The molecular formula is C15H17N3O. The van der Waals surface area contributed by atoms with Crippen molar-refractivity contribution in [2.45, 2.75) is 20.4 Å². The fourth-order valence-electron chi connectivity index (χ4n) is 1.70. The van der Waals surface area contributed by atoms with Crippen molar-refractivity contribution in [1.29, 1.82) is 0 Å². The van der Waals surface area contributed by atoms with Gasteiger partial charge < -0.3 is 5.32 Å². The van der Waals surface area contributed by atoms with Crippen LogP contribution in [0.15, 0.2) is 42.7 Å². The summed E-state index contributed by atoms with van der Waals surface area (Å²) in [5.74, 6) is -0.140. The molecule has 0 saturated heterocycles. The summed E-state index contributed by atoms with van der Waals surface area (Å²) >= 11 is 0. The Balaban J connectivity index is 1.99. The molecule has 4 nitrogen and oxygen atoms in total. The number of carbonyl (C=O) groups is 1. The van der Waals surface area contributed by atoms with Crippen molar-refractivity contribution in [2.75, 3.05) is 5.32 Å². The first-order valence-electron chi connectivity index (χ1n) is 6.26. The van der Waals surface area contributed by atoms with Crippen molar-refractivity contribution >= 4 is 17.7 Å². The summed E-state index contributed by atoms with van der Waals surface area (Å²) in [6, 6.07) is 7.69. The summed E-state index contributed by atoms with van der Waals surface area (Å²) in [6.45, 7) is 4.80. The molecule has 0 aliphatic rings. The minimum absolute atomic E-state index is 0.140. The van der Waals surface area contributed by atoms with Crippen LogP contribution in [-0.4, -0.2) is 15.7 Å². The van der Waals surface area contributed by atoms with Crippen LogP contribution in [0.5, 0.6) is 0 Å². The van der Waals surface area contributed by atoms with Crippen molar-refractivity contribution in [2.24, 2.45) is 0 Å². The fraction of sp³-hybridized carbons (Fsp3) is 0.200. The normalized spacial score (nSPS) is 10.8. The van der Waals surface area contributed by atoms with Crippen molar-refractivity contribution in [1.82, 2.24) is 9.78 Å². The molecule has 0 saturated carbocycles. The van der Waals surface area contributed by atoms with E-state index in [1.54, 1.807) is 12.3 Å². The van der Waals surface area contributed by atoms with Gasteiger partial charge in [0, 0.05) is 30.1 Å². The van der Waals surface area contributed by atoms with E-state index in [9.17, 15) is 4.79 Å². The van der Waals surface area contributed by atoms with Gasteiger partial charge in [0.05, 0.1) is 6.20 Å². The van der Waals surface area contributed by atoms with Gasteiger partial charge in [0.15, 0.2) is 0 Å². The zero-order valence-electron chi connectivity index (χ0n) is 11.1. The van der Waals surface area contributed by atoms with Crippen LogP contribution in [0.1, 0.15) is 18.1 Å². The van der Waals surface area contributed by atoms with E-state index >= 15 is 0 Å². The largest absolute Gasteiger partial charge is 0.322 e. The molecule has 98 valence electrons. The van der Waals surface area contributed by atoms with Crippen LogP contribution in [-0.2, 0) is 11.3 Å². The average molecular weight is 255 g/mol. The second kappa shape index (κ2) is 6.00. The predicted molar refractivity (Wildman–Crippen MR) is 76.7 cm³/mol. The first kappa shape index (κ1) is 13.1. The van der Waals surface area contributed by atoms with Gasteiger partial charge in [-0.1, -0.05) is 18.2 Å². The number of benzene rings is 1.